The topological polar surface area (TPSA) is 0 Å². The van der Waals surface area contributed by atoms with E-state index in [2.05, 4.69) is 63.5 Å². The third-order valence-corrected chi connectivity index (χ3v) is 8.22. The standard InChI is InChI=1S/C30H43ClNS.BrH/c1-4-5-6-7-8-9-10-11-12-15-22-32(2,3)23-16-18-26-27-17-13-14-19-29(27)33-30-21-20-25(31)24-28(26)30;/h13-14,17-21,24H,4-12,15-16,22-23H2,1-3H3;1H/q+1;/p-1/b26-18-;. The second-order valence-corrected chi connectivity index (χ2v) is 11.7. The Morgan fingerprint density at radius 1 is 0.765 bits per heavy atom. The summed E-state index contributed by atoms with van der Waals surface area (Å²) >= 11 is 8.22. The summed E-state index contributed by atoms with van der Waals surface area (Å²) in [5, 5.41) is 0.816. The van der Waals surface area contributed by atoms with Crippen molar-refractivity contribution in [3.63, 3.8) is 0 Å². The van der Waals surface area contributed by atoms with E-state index in [1.165, 1.54) is 104 Å². The molecule has 0 spiro atoms. The third-order valence-electron chi connectivity index (χ3n) is 6.83. The van der Waals surface area contributed by atoms with E-state index in [9.17, 15) is 0 Å². The average molecular weight is 565 g/mol. The van der Waals surface area contributed by atoms with Crippen LogP contribution >= 0.6 is 23.4 Å². The second-order valence-electron chi connectivity index (χ2n) is 10.2. The number of hydrogen-bond donors (Lipinski definition) is 0. The second kappa shape index (κ2) is 15.4. The lowest BCUT2D eigenvalue weighted by Crippen LogP contribution is -3.00. The lowest BCUT2D eigenvalue weighted by Gasteiger charge is -2.30. The summed E-state index contributed by atoms with van der Waals surface area (Å²) in [7, 11) is 4.78. The molecule has 0 amide bonds. The zero-order valence-electron chi connectivity index (χ0n) is 21.4. The van der Waals surface area contributed by atoms with E-state index in [1.54, 1.807) is 0 Å². The third kappa shape index (κ3) is 9.37. The highest BCUT2D eigenvalue weighted by Crippen LogP contribution is 2.46. The first-order valence-electron chi connectivity index (χ1n) is 13.1. The van der Waals surface area contributed by atoms with E-state index in [4.69, 9.17) is 11.6 Å². The van der Waals surface area contributed by atoms with Gasteiger partial charge >= 0.3 is 0 Å². The largest absolute Gasteiger partial charge is 1.00 e. The van der Waals surface area contributed by atoms with Crippen LogP contribution in [-0.2, 0) is 0 Å². The van der Waals surface area contributed by atoms with Crippen molar-refractivity contribution in [2.45, 2.75) is 87.3 Å². The predicted molar refractivity (Wildman–Crippen MR) is 147 cm³/mol. The molecular weight excluding hydrogens is 522 g/mol. The first kappa shape index (κ1) is 29.5. The van der Waals surface area contributed by atoms with E-state index in [0.717, 1.165) is 15.9 Å². The molecule has 0 N–H and O–H groups in total. The molecule has 0 saturated carbocycles. The van der Waals surface area contributed by atoms with Gasteiger partial charge in [0.15, 0.2) is 0 Å². The summed E-state index contributed by atoms with van der Waals surface area (Å²) in [6.07, 6.45) is 17.6. The average Bonchev–Trinajstić information content (AvgIpc) is 2.80. The van der Waals surface area contributed by atoms with Crippen molar-refractivity contribution < 1.29 is 21.5 Å². The van der Waals surface area contributed by atoms with Crippen molar-refractivity contribution in [1.29, 1.82) is 0 Å². The number of fused-ring (bicyclic) bond motifs is 2. The van der Waals surface area contributed by atoms with Gasteiger partial charge in [0, 0.05) is 21.2 Å². The van der Waals surface area contributed by atoms with Crippen LogP contribution in [0.3, 0.4) is 0 Å². The van der Waals surface area contributed by atoms with Crippen LogP contribution in [0.15, 0.2) is 58.3 Å². The van der Waals surface area contributed by atoms with Crippen molar-refractivity contribution in [2.24, 2.45) is 0 Å². The van der Waals surface area contributed by atoms with Crippen molar-refractivity contribution in [3.05, 3.63) is 64.7 Å². The Balaban J connectivity index is 0.00000408. The molecule has 4 heteroatoms. The minimum absolute atomic E-state index is 0. The lowest BCUT2D eigenvalue weighted by atomic mass is 9.96. The van der Waals surface area contributed by atoms with Crippen LogP contribution in [0.25, 0.3) is 5.57 Å². The fraction of sp³-hybridized carbons (Fsp3) is 0.533. The molecule has 2 aromatic rings. The van der Waals surface area contributed by atoms with E-state index < -0.39 is 0 Å². The number of halogens is 2. The Labute approximate surface area is 228 Å². The van der Waals surface area contributed by atoms with Gasteiger partial charge < -0.3 is 21.5 Å². The van der Waals surface area contributed by atoms with Gasteiger partial charge in [-0.1, -0.05) is 106 Å². The highest BCUT2D eigenvalue weighted by atomic mass is 79.9. The fourth-order valence-electron chi connectivity index (χ4n) is 4.76. The van der Waals surface area contributed by atoms with Crippen LogP contribution < -0.4 is 17.0 Å². The number of nitrogens with zero attached hydrogens (tertiary/aromatic N) is 1. The van der Waals surface area contributed by atoms with E-state index in [1.807, 2.05) is 17.8 Å². The van der Waals surface area contributed by atoms with Crippen LogP contribution in [-0.4, -0.2) is 31.7 Å². The molecule has 0 bridgehead atoms. The Bertz CT molecular complexity index is 908. The van der Waals surface area contributed by atoms with Gasteiger partial charge in [-0.2, -0.15) is 0 Å². The normalized spacial score (nSPS) is 13.9. The maximum Gasteiger partial charge on any atom is 0.0817 e. The summed E-state index contributed by atoms with van der Waals surface area (Å²) in [5.41, 5.74) is 3.98. The first-order valence-corrected chi connectivity index (χ1v) is 14.3. The number of benzene rings is 2. The van der Waals surface area contributed by atoms with Crippen LogP contribution in [0.2, 0.25) is 5.02 Å². The lowest BCUT2D eigenvalue weighted by molar-refractivity contribution is -0.890. The molecule has 2 aromatic carbocycles. The molecule has 188 valence electrons. The van der Waals surface area contributed by atoms with Crippen LogP contribution in [0.1, 0.15) is 88.7 Å². The molecule has 1 aliphatic rings. The SMILES string of the molecule is CCCCCCCCCCCC[N+](C)(C)CC/C=C1/c2ccccc2Sc2ccc(Cl)cc21.[Br-]. The van der Waals surface area contributed by atoms with Gasteiger partial charge in [0.2, 0.25) is 0 Å². The van der Waals surface area contributed by atoms with E-state index in [-0.39, 0.29) is 17.0 Å². The van der Waals surface area contributed by atoms with Crippen LogP contribution in [0.5, 0.6) is 0 Å². The van der Waals surface area contributed by atoms with Gasteiger partial charge in [0.1, 0.15) is 0 Å². The van der Waals surface area contributed by atoms with E-state index >= 15 is 0 Å². The minimum atomic E-state index is 0. The van der Waals surface area contributed by atoms with Gasteiger partial charge in [-0.15, -0.1) is 0 Å². The quantitative estimate of drug-likeness (QED) is 0.156. The summed E-state index contributed by atoms with van der Waals surface area (Å²) in [6.45, 7) is 4.74. The summed E-state index contributed by atoms with van der Waals surface area (Å²) in [4.78, 5) is 2.65. The summed E-state index contributed by atoms with van der Waals surface area (Å²) < 4.78 is 1.10. The molecule has 0 unspecified atom stereocenters. The van der Waals surface area contributed by atoms with Crippen molar-refractivity contribution in [3.8, 4) is 0 Å². The molecule has 0 fully saturated rings. The fourth-order valence-corrected chi connectivity index (χ4v) is 6.02. The predicted octanol–water partition coefficient (Wildman–Crippen LogP) is 6.63. The zero-order chi connectivity index (χ0) is 23.5. The molecule has 0 aromatic heterocycles. The molecular formula is C30H43BrClNS. The van der Waals surface area contributed by atoms with E-state index in [0.29, 0.717) is 0 Å². The van der Waals surface area contributed by atoms with Crippen molar-refractivity contribution in [1.82, 2.24) is 0 Å². The van der Waals surface area contributed by atoms with Gasteiger partial charge in [-0.05, 0) is 53.8 Å². The Morgan fingerprint density at radius 2 is 1.38 bits per heavy atom. The van der Waals surface area contributed by atoms with Crippen LogP contribution in [0, 0.1) is 0 Å². The molecule has 34 heavy (non-hydrogen) atoms. The monoisotopic (exact) mass is 563 g/mol. The molecule has 0 saturated heterocycles. The van der Waals surface area contributed by atoms with Crippen molar-refractivity contribution >= 4 is 28.9 Å². The van der Waals surface area contributed by atoms with Crippen molar-refractivity contribution in [2.75, 3.05) is 27.2 Å². The van der Waals surface area contributed by atoms with Gasteiger partial charge in [0.25, 0.3) is 0 Å². The minimum Gasteiger partial charge on any atom is -1.00 e. The summed E-state index contributed by atoms with van der Waals surface area (Å²) in [6, 6.07) is 15.1. The molecule has 1 heterocycles. The highest BCUT2D eigenvalue weighted by molar-refractivity contribution is 7.99. The molecule has 0 atom stereocenters. The smallest absolute Gasteiger partial charge is 0.0817 e. The molecule has 1 aliphatic heterocycles. The Morgan fingerprint density at radius 3 is 2.09 bits per heavy atom. The number of unbranched alkanes of at least 4 members (excludes halogenated alkanes) is 9. The van der Waals surface area contributed by atoms with Gasteiger partial charge in [-0.3, -0.25) is 0 Å². The summed E-state index contributed by atoms with van der Waals surface area (Å²) in [5.74, 6) is 0. The molecule has 3 rings (SSSR count). The molecule has 0 aliphatic carbocycles. The Hall–Kier alpha value is -0.740. The number of quaternary nitrogens is 1. The number of rotatable bonds is 14. The first-order chi connectivity index (χ1) is 16.0. The molecule has 0 radical (unpaired) electrons. The maximum atomic E-state index is 6.37. The molecule has 1 nitrogen and oxygen atoms in total. The maximum absolute atomic E-state index is 6.37. The van der Waals surface area contributed by atoms with Crippen LogP contribution in [0.4, 0.5) is 0 Å². The zero-order valence-corrected chi connectivity index (χ0v) is 24.6. The van der Waals surface area contributed by atoms with Gasteiger partial charge in [-0.25, -0.2) is 0 Å². The Kier molecular flexibility index (Phi) is 13.3. The van der Waals surface area contributed by atoms with Gasteiger partial charge in [0.05, 0.1) is 27.2 Å². The highest BCUT2D eigenvalue weighted by Gasteiger charge is 2.21. The number of hydrogen-bond acceptors (Lipinski definition) is 1.